The number of carbonyl (C=O) groups is 1. The first kappa shape index (κ1) is 17.2. The van der Waals surface area contributed by atoms with Crippen LogP contribution in [0.5, 0.6) is 5.75 Å². The Kier molecular flexibility index (Phi) is 5.75. The van der Waals surface area contributed by atoms with E-state index >= 15 is 0 Å². The van der Waals surface area contributed by atoms with Crippen LogP contribution in [0.25, 0.3) is 0 Å². The maximum absolute atomic E-state index is 11.7. The third-order valence-electron chi connectivity index (χ3n) is 4.10. The van der Waals surface area contributed by atoms with Crippen LogP contribution in [0.15, 0.2) is 12.1 Å². The van der Waals surface area contributed by atoms with Crippen molar-refractivity contribution < 1.29 is 14.6 Å². The Morgan fingerprint density at radius 1 is 1.50 bits per heavy atom. The minimum absolute atomic E-state index is 0.129. The molecule has 0 spiro atoms. The Bertz CT molecular complexity index is 545. The van der Waals surface area contributed by atoms with Gasteiger partial charge in [0.1, 0.15) is 11.0 Å². The largest absolute Gasteiger partial charge is 0.508 e. The summed E-state index contributed by atoms with van der Waals surface area (Å²) < 4.78 is 4.84. The van der Waals surface area contributed by atoms with Crippen molar-refractivity contribution in [1.82, 2.24) is 4.90 Å². The number of hydrogen-bond acceptors (Lipinski definition) is 5. The van der Waals surface area contributed by atoms with Gasteiger partial charge >= 0.3 is 5.97 Å². The molecule has 2 rings (SSSR count). The van der Waals surface area contributed by atoms with E-state index in [0.717, 1.165) is 23.4 Å². The number of phenolic OH excluding ortho intramolecular Hbond substituents is 1. The molecule has 1 saturated heterocycles. The first-order valence-corrected chi connectivity index (χ1v) is 8.71. The first-order chi connectivity index (χ1) is 10.4. The lowest BCUT2D eigenvalue weighted by Gasteiger charge is -2.31. The Morgan fingerprint density at radius 3 is 2.86 bits per heavy atom. The molecule has 1 aliphatic heterocycles. The fourth-order valence-corrected chi connectivity index (χ4v) is 4.06. The van der Waals surface area contributed by atoms with Crippen LogP contribution in [0.3, 0.4) is 0 Å². The number of methoxy groups -OCH3 is 1. The van der Waals surface area contributed by atoms with Gasteiger partial charge < -0.3 is 9.84 Å². The van der Waals surface area contributed by atoms with Crippen molar-refractivity contribution in [2.75, 3.05) is 26.0 Å². The Morgan fingerprint density at radius 2 is 2.23 bits per heavy atom. The lowest BCUT2D eigenvalue weighted by atomic mass is 9.95. The SMILES string of the molecule is COC(=O)[C@@H]1CN(Cc2cc(C(C)C)c(C)cc2O)CCS1. The van der Waals surface area contributed by atoms with Gasteiger partial charge in [-0.15, -0.1) is 11.8 Å². The highest BCUT2D eigenvalue weighted by Gasteiger charge is 2.27. The third-order valence-corrected chi connectivity index (χ3v) is 5.26. The molecule has 4 nitrogen and oxygen atoms in total. The maximum atomic E-state index is 11.7. The molecule has 0 amide bonds. The number of esters is 1. The van der Waals surface area contributed by atoms with E-state index in [0.29, 0.717) is 24.8 Å². The van der Waals surface area contributed by atoms with Gasteiger partial charge in [0.15, 0.2) is 0 Å². The zero-order chi connectivity index (χ0) is 16.3. The molecular formula is C17H25NO3S. The van der Waals surface area contributed by atoms with Gasteiger partial charge in [-0.1, -0.05) is 19.9 Å². The van der Waals surface area contributed by atoms with Crippen molar-refractivity contribution in [3.8, 4) is 5.75 Å². The van der Waals surface area contributed by atoms with Crippen LogP contribution >= 0.6 is 11.8 Å². The molecule has 1 aliphatic rings. The molecule has 0 saturated carbocycles. The summed E-state index contributed by atoms with van der Waals surface area (Å²) in [7, 11) is 1.43. The lowest BCUT2D eigenvalue weighted by molar-refractivity contribution is -0.140. The van der Waals surface area contributed by atoms with E-state index in [2.05, 4.69) is 24.8 Å². The second-order valence-electron chi connectivity index (χ2n) is 6.11. The van der Waals surface area contributed by atoms with E-state index in [1.54, 1.807) is 11.8 Å². The normalized spacial score (nSPS) is 19.4. The summed E-state index contributed by atoms with van der Waals surface area (Å²) in [6.45, 7) is 8.61. The van der Waals surface area contributed by atoms with Gasteiger partial charge in [-0.3, -0.25) is 9.69 Å². The molecule has 0 aromatic heterocycles. The van der Waals surface area contributed by atoms with E-state index in [4.69, 9.17) is 4.74 Å². The number of benzene rings is 1. The minimum atomic E-state index is -0.161. The van der Waals surface area contributed by atoms with E-state index in [9.17, 15) is 9.90 Å². The molecule has 1 aromatic rings. The van der Waals surface area contributed by atoms with Crippen molar-refractivity contribution in [2.24, 2.45) is 0 Å². The number of hydrogen-bond donors (Lipinski definition) is 1. The maximum Gasteiger partial charge on any atom is 0.320 e. The van der Waals surface area contributed by atoms with Gasteiger partial charge in [-0.25, -0.2) is 0 Å². The van der Waals surface area contributed by atoms with Gasteiger partial charge in [0.25, 0.3) is 0 Å². The van der Waals surface area contributed by atoms with Crippen LogP contribution in [-0.2, 0) is 16.1 Å². The van der Waals surface area contributed by atoms with Crippen LogP contribution < -0.4 is 0 Å². The zero-order valence-corrected chi connectivity index (χ0v) is 14.6. The van der Waals surface area contributed by atoms with Crippen molar-refractivity contribution in [3.63, 3.8) is 0 Å². The molecule has 0 aliphatic carbocycles. The van der Waals surface area contributed by atoms with Gasteiger partial charge in [0.05, 0.1) is 7.11 Å². The summed E-state index contributed by atoms with van der Waals surface area (Å²) in [4.78, 5) is 13.9. The third kappa shape index (κ3) is 3.96. The van der Waals surface area contributed by atoms with Crippen LogP contribution in [-0.4, -0.2) is 47.2 Å². The number of aryl methyl sites for hydroxylation is 1. The van der Waals surface area contributed by atoms with Gasteiger partial charge in [0, 0.05) is 31.0 Å². The molecule has 0 unspecified atom stereocenters. The smallest absolute Gasteiger partial charge is 0.320 e. The van der Waals surface area contributed by atoms with E-state index in [-0.39, 0.29) is 11.2 Å². The van der Waals surface area contributed by atoms with Crippen LogP contribution in [0.2, 0.25) is 0 Å². The summed E-state index contributed by atoms with van der Waals surface area (Å²) >= 11 is 1.65. The van der Waals surface area contributed by atoms with Crippen molar-refractivity contribution in [1.29, 1.82) is 0 Å². The molecule has 5 heteroatoms. The fraction of sp³-hybridized carbons (Fsp3) is 0.588. The van der Waals surface area contributed by atoms with Gasteiger partial charge in [-0.05, 0) is 30.0 Å². The van der Waals surface area contributed by atoms with Crippen molar-refractivity contribution in [3.05, 3.63) is 28.8 Å². The highest BCUT2D eigenvalue weighted by atomic mass is 32.2. The summed E-state index contributed by atoms with van der Waals surface area (Å²) in [5, 5.41) is 10.1. The predicted molar refractivity (Wildman–Crippen MR) is 90.5 cm³/mol. The Hall–Kier alpha value is -1.20. The number of phenols is 1. The molecule has 1 heterocycles. The number of ether oxygens (including phenoxy) is 1. The Labute approximate surface area is 136 Å². The van der Waals surface area contributed by atoms with E-state index < -0.39 is 0 Å². The average molecular weight is 323 g/mol. The molecular weight excluding hydrogens is 298 g/mol. The zero-order valence-electron chi connectivity index (χ0n) is 13.8. The standard InChI is InChI=1S/C17H25NO3S/c1-11(2)14-8-13(15(19)7-12(14)3)9-18-5-6-22-16(10-18)17(20)21-4/h7-8,11,16,19H,5-6,9-10H2,1-4H3/t16-/m0/s1. The monoisotopic (exact) mass is 323 g/mol. The predicted octanol–water partition coefficient (Wildman–Crippen LogP) is 2.91. The van der Waals surface area contributed by atoms with Gasteiger partial charge in [-0.2, -0.15) is 0 Å². The van der Waals surface area contributed by atoms with E-state index in [1.165, 1.54) is 12.7 Å². The molecule has 1 atom stereocenters. The van der Waals surface area contributed by atoms with Crippen LogP contribution in [0, 0.1) is 6.92 Å². The average Bonchev–Trinajstić information content (AvgIpc) is 2.49. The van der Waals surface area contributed by atoms with Crippen molar-refractivity contribution >= 4 is 17.7 Å². The molecule has 0 radical (unpaired) electrons. The summed E-state index contributed by atoms with van der Waals surface area (Å²) in [5.74, 6) is 1.52. The number of aromatic hydroxyl groups is 1. The first-order valence-electron chi connectivity index (χ1n) is 7.66. The molecule has 22 heavy (non-hydrogen) atoms. The van der Waals surface area contributed by atoms with Crippen molar-refractivity contribution in [2.45, 2.75) is 38.5 Å². The minimum Gasteiger partial charge on any atom is -0.508 e. The van der Waals surface area contributed by atoms with Crippen LogP contribution in [0.1, 0.15) is 36.5 Å². The molecule has 0 bridgehead atoms. The van der Waals surface area contributed by atoms with E-state index in [1.807, 2.05) is 13.0 Å². The van der Waals surface area contributed by atoms with Crippen LogP contribution in [0.4, 0.5) is 0 Å². The number of carbonyl (C=O) groups excluding carboxylic acids is 1. The fourth-order valence-electron chi connectivity index (χ4n) is 2.87. The molecule has 1 fully saturated rings. The molecule has 1 N–H and O–H groups in total. The summed E-state index contributed by atoms with van der Waals surface area (Å²) in [5.41, 5.74) is 3.33. The number of nitrogens with zero attached hydrogens (tertiary/aromatic N) is 1. The topological polar surface area (TPSA) is 49.8 Å². The summed E-state index contributed by atoms with van der Waals surface area (Å²) in [6, 6.07) is 3.95. The highest BCUT2D eigenvalue weighted by molar-refractivity contribution is 8.00. The van der Waals surface area contributed by atoms with Gasteiger partial charge in [0.2, 0.25) is 0 Å². The summed E-state index contributed by atoms with van der Waals surface area (Å²) in [6.07, 6.45) is 0. The highest BCUT2D eigenvalue weighted by Crippen LogP contribution is 2.29. The number of thioether (sulfide) groups is 1. The second kappa shape index (κ2) is 7.38. The number of rotatable bonds is 4. The Balaban J connectivity index is 2.13. The second-order valence-corrected chi connectivity index (χ2v) is 7.42. The quantitative estimate of drug-likeness (QED) is 0.864. The molecule has 1 aromatic carbocycles. The molecule has 122 valence electrons. The lowest BCUT2D eigenvalue weighted by Crippen LogP contribution is -2.41.